The molecule has 0 radical (unpaired) electrons. The maximum Gasteiger partial charge on any atom is 0.272 e. The smallest absolute Gasteiger partial charge is 0.272 e. The number of aromatic nitrogens is 1. The summed E-state index contributed by atoms with van der Waals surface area (Å²) in [5, 5.41) is 2.94. The van der Waals surface area contributed by atoms with Gasteiger partial charge in [-0.25, -0.2) is 0 Å². The molecular weight excluding hydrogens is 330 g/mol. The molecule has 0 bridgehead atoms. The van der Waals surface area contributed by atoms with Gasteiger partial charge in [-0.05, 0) is 29.7 Å². The second-order valence-electron chi connectivity index (χ2n) is 6.53. The van der Waals surface area contributed by atoms with Gasteiger partial charge in [-0.3, -0.25) is 14.6 Å². The summed E-state index contributed by atoms with van der Waals surface area (Å²) in [7, 11) is 0. The lowest BCUT2D eigenvalue weighted by molar-refractivity contribution is 0.0299. The average molecular weight is 353 g/mol. The molecule has 3 rings (SSSR count). The van der Waals surface area contributed by atoms with Crippen molar-refractivity contribution in [1.29, 1.82) is 0 Å². The lowest BCUT2D eigenvalue weighted by Crippen LogP contribution is -2.41. The monoisotopic (exact) mass is 353 g/mol. The molecular formula is C20H23N3O3. The van der Waals surface area contributed by atoms with Crippen LogP contribution < -0.4 is 5.32 Å². The predicted octanol–water partition coefficient (Wildman–Crippen LogP) is 2.93. The molecule has 0 saturated carbocycles. The van der Waals surface area contributed by atoms with Gasteiger partial charge < -0.3 is 15.0 Å². The van der Waals surface area contributed by atoms with Crippen LogP contribution >= 0.6 is 0 Å². The molecule has 1 fully saturated rings. The first-order valence-electron chi connectivity index (χ1n) is 8.79. The summed E-state index contributed by atoms with van der Waals surface area (Å²) in [6.45, 7) is 6.29. The van der Waals surface area contributed by atoms with Gasteiger partial charge in [0.1, 0.15) is 5.69 Å². The zero-order valence-corrected chi connectivity index (χ0v) is 15.1. The Morgan fingerprint density at radius 1 is 1.15 bits per heavy atom. The van der Waals surface area contributed by atoms with Gasteiger partial charge in [-0.1, -0.05) is 32.0 Å². The zero-order chi connectivity index (χ0) is 18.5. The number of hydrogen-bond donors (Lipinski definition) is 1. The number of nitrogens with zero attached hydrogens (tertiary/aromatic N) is 2. The molecule has 1 aromatic heterocycles. The molecule has 1 aliphatic rings. The Morgan fingerprint density at radius 3 is 2.62 bits per heavy atom. The Balaban J connectivity index is 1.77. The van der Waals surface area contributed by atoms with Gasteiger partial charge in [0.05, 0.1) is 13.2 Å². The maximum absolute atomic E-state index is 12.7. The van der Waals surface area contributed by atoms with Crippen LogP contribution in [0.4, 0.5) is 5.69 Å². The van der Waals surface area contributed by atoms with E-state index in [4.69, 9.17) is 4.74 Å². The fourth-order valence-electron chi connectivity index (χ4n) is 2.93. The minimum Gasteiger partial charge on any atom is -0.378 e. The van der Waals surface area contributed by atoms with Crippen LogP contribution in [0.1, 0.15) is 46.2 Å². The number of nitrogens with one attached hydrogen (secondary N) is 1. The van der Waals surface area contributed by atoms with Crippen LogP contribution in [-0.2, 0) is 4.74 Å². The summed E-state index contributed by atoms with van der Waals surface area (Å²) in [5.41, 5.74) is 2.54. The van der Waals surface area contributed by atoms with Crippen LogP contribution in [0.15, 0.2) is 42.6 Å². The van der Waals surface area contributed by atoms with Crippen LogP contribution in [0, 0.1) is 0 Å². The second-order valence-corrected chi connectivity index (χ2v) is 6.53. The van der Waals surface area contributed by atoms with Crippen molar-refractivity contribution in [2.75, 3.05) is 31.6 Å². The molecule has 6 nitrogen and oxygen atoms in total. The van der Waals surface area contributed by atoms with Crippen molar-refractivity contribution in [3.05, 3.63) is 59.4 Å². The van der Waals surface area contributed by atoms with Gasteiger partial charge >= 0.3 is 0 Å². The molecule has 136 valence electrons. The molecule has 2 heterocycles. The number of amides is 2. The zero-order valence-electron chi connectivity index (χ0n) is 15.1. The largest absolute Gasteiger partial charge is 0.378 e. The molecule has 1 aromatic carbocycles. The Labute approximate surface area is 153 Å². The molecule has 2 amide bonds. The van der Waals surface area contributed by atoms with Crippen LogP contribution in [0.3, 0.4) is 0 Å². The lowest BCUT2D eigenvalue weighted by atomic mass is 10.0. The molecule has 2 aromatic rings. The Hall–Kier alpha value is -2.73. The van der Waals surface area contributed by atoms with Gasteiger partial charge in [0, 0.05) is 30.5 Å². The first-order chi connectivity index (χ1) is 12.6. The van der Waals surface area contributed by atoms with Crippen molar-refractivity contribution in [2.45, 2.75) is 19.8 Å². The van der Waals surface area contributed by atoms with Gasteiger partial charge in [0.15, 0.2) is 0 Å². The molecule has 0 atom stereocenters. The van der Waals surface area contributed by atoms with E-state index in [-0.39, 0.29) is 17.5 Å². The van der Waals surface area contributed by atoms with Crippen molar-refractivity contribution in [3.8, 4) is 0 Å². The highest BCUT2D eigenvalue weighted by atomic mass is 16.5. The van der Waals surface area contributed by atoms with Crippen molar-refractivity contribution in [1.82, 2.24) is 9.88 Å². The lowest BCUT2D eigenvalue weighted by Gasteiger charge is -2.26. The van der Waals surface area contributed by atoms with E-state index < -0.39 is 0 Å². The van der Waals surface area contributed by atoms with E-state index in [0.717, 1.165) is 11.3 Å². The number of ether oxygens (including phenoxy) is 1. The number of morpholine rings is 1. The van der Waals surface area contributed by atoms with E-state index in [9.17, 15) is 9.59 Å². The van der Waals surface area contributed by atoms with Gasteiger partial charge in [0.2, 0.25) is 0 Å². The molecule has 0 unspecified atom stereocenters. The van der Waals surface area contributed by atoms with Gasteiger partial charge in [-0.15, -0.1) is 0 Å². The first kappa shape index (κ1) is 18.1. The topological polar surface area (TPSA) is 71.5 Å². The summed E-state index contributed by atoms with van der Waals surface area (Å²) in [6.07, 6.45) is 1.50. The first-order valence-corrected chi connectivity index (χ1v) is 8.79. The minimum atomic E-state index is -0.253. The van der Waals surface area contributed by atoms with E-state index in [1.165, 1.54) is 6.20 Å². The molecule has 1 aliphatic heterocycles. The van der Waals surface area contributed by atoms with Crippen molar-refractivity contribution < 1.29 is 14.3 Å². The van der Waals surface area contributed by atoms with Crippen LogP contribution in [0.5, 0.6) is 0 Å². The Morgan fingerprint density at radius 2 is 1.88 bits per heavy atom. The number of pyridine rings is 1. The predicted molar refractivity (Wildman–Crippen MR) is 99.4 cm³/mol. The number of benzene rings is 1. The SMILES string of the molecule is CC(C)c1ccccc1NC(=O)c1ccnc(C(=O)N2CCOCC2)c1. The van der Waals surface area contributed by atoms with E-state index in [0.29, 0.717) is 37.8 Å². The second kappa shape index (κ2) is 8.10. The Bertz CT molecular complexity index is 798. The van der Waals surface area contributed by atoms with Crippen molar-refractivity contribution in [2.24, 2.45) is 0 Å². The maximum atomic E-state index is 12.7. The van der Waals surface area contributed by atoms with E-state index in [1.54, 1.807) is 17.0 Å². The van der Waals surface area contributed by atoms with E-state index in [2.05, 4.69) is 24.1 Å². The number of rotatable bonds is 4. The third-order valence-corrected chi connectivity index (χ3v) is 4.37. The third-order valence-electron chi connectivity index (χ3n) is 4.37. The van der Waals surface area contributed by atoms with Crippen LogP contribution in [0.25, 0.3) is 0 Å². The molecule has 1 N–H and O–H groups in total. The number of carbonyl (C=O) groups excluding carboxylic acids is 2. The third kappa shape index (κ3) is 4.08. The minimum absolute atomic E-state index is 0.175. The summed E-state index contributed by atoms with van der Waals surface area (Å²) in [5.74, 6) is -0.135. The molecule has 0 aliphatic carbocycles. The average Bonchev–Trinajstić information content (AvgIpc) is 2.68. The fourth-order valence-corrected chi connectivity index (χ4v) is 2.93. The number of hydrogen-bond acceptors (Lipinski definition) is 4. The standard InChI is InChI=1S/C20H23N3O3/c1-14(2)16-5-3-4-6-17(16)22-19(24)15-7-8-21-18(13-15)20(25)23-9-11-26-12-10-23/h3-8,13-14H,9-12H2,1-2H3,(H,22,24). The molecule has 1 saturated heterocycles. The summed E-state index contributed by atoms with van der Waals surface area (Å²) in [6, 6.07) is 10.9. The molecule has 6 heteroatoms. The van der Waals surface area contributed by atoms with Gasteiger partial charge in [0.25, 0.3) is 11.8 Å². The fraction of sp³-hybridized carbons (Fsp3) is 0.350. The summed E-state index contributed by atoms with van der Waals surface area (Å²) >= 11 is 0. The van der Waals surface area contributed by atoms with Crippen LogP contribution in [0.2, 0.25) is 0 Å². The van der Waals surface area contributed by atoms with Crippen molar-refractivity contribution in [3.63, 3.8) is 0 Å². The highest BCUT2D eigenvalue weighted by Crippen LogP contribution is 2.24. The Kier molecular flexibility index (Phi) is 5.63. The normalized spacial score (nSPS) is 14.3. The quantitative estimate of drug-likeness (QED) is 0.917. The van der Waals surface area contributed by atoms with E-state index in [1.807, 2.05) is 24.3 Å². The number of para-hydroxylation sites is 1. The van der Waals surface area contributed by atoms with Gasteiger partial charge in [-0.2, -0.15) is 0 Å². The number of anilines is 1. The summed E-state index contributed by atoms with van der Waals surface area (Å²) < 4.78 is 5.27. The van der Waals surface area contributed by atoms with E-state index >= 15 is 0 Å². The number of carbonyl (C=O) groups is 2. The molecule has 26 heavy (non-hydrogen) atoms. The highest BCUT2D eigenvalue weighted by Gasteiger charge is 2.21. The summed E-state index contributed by atoms with van der Waals surface area (Å²) in [4.78, 5) is 31.0. The van der Waals surface area contributed by atoms with Crippen LogP contribution in [-0.4, -0.2) is 48.0 Å². The highest BCUT2D eigenvalue weighted by molar-refractivity contribution is 6.06. The molecule has 0 spiro atoms. The van der Waals surface area contributed by atoms with Crippen molar-refractivity contribution >= 4 is 17.5 Å².